The summed E-state index contributed by atoms with van der Waals surface area (Å²) in [4.78, 5) is 27.0. The van der Waals surface area contributed by atoms with E-state index in [0.29, 0.717) is 34.8 Å². The molecule has 4 bridgehead atoms. The van der Waals surface area contributed by atoms with Crippen molar-refractivity contribution in [2.75, 3.05) is 44.1 Å². The van der Waals surface area contributed by atoms with Crippen LogP contribution in [0.15, 0.2) is 71.8 Å². The van der Waals surface area contributed by atoms with Gasteiger partial charge in [0.25, 0.3) is 11.8 Å². The van der Waals surface area contributed by atoms with Crippen molar-refractivity contribution in [2.45, 2.75) is 50.9 Å². The quantitative estimate of drug-likeness (QED) is 0.174. The fourth-order valence-corrected chi connectivity index (χ4v) is 7.92. The molecule has 4 aliphatic rings. The first-order chi connectivity index (χ1) is 22.3. The summed E-state index contributed by atoms with van der Waals surface area (Å²) in [5.41, 5.74) is 6.69. The lowest BCUT2D eigenvalue weighted by atomic mass is 9.48. The highest BCUT2D eigenvalue weighted by Crippen LogP contribution is 2.60. The molecule has 46 heavy (non-hydrogen) atoms. The minimum absolute atomic E-state index is 0.155. The van der Waals surface area contributed by atoms with Crippen molar-refractivity contribution in [3.63, 3.8) is 0 Å². The Hall–Kier alpha value is -4.53. The van der Waals surface area contributed by atoms with Gasteiger partial charge in [0.2, 0.25) is 0 Å². The number of benzene rings is 3. The highest BCUT2D eigenvalue weighted by molar-refractivity contribution is 5.92. The van der Waals surface area contributed by atoms with Crippen LogP contribution in [0.1, 0.15) is 56.6 Å². The van der Waals surface area contributed by atoms with Crippen molar-refractivity contribution in [1.82, 2.24) is 5.43 Å². The van der Waals surface area contributed by atoms with Crippen LogP contribution >= 0.6 is 0 Å². The molecule has 7 rings (SSSR count). The first-order valence-electron chi connectivity index (χ1n) is 16.3. The number of carbonyl (C=O) groups excluding carboxylic acids is 2. The molecule has 0 aliphatic heterocycles. The zero-order chi connectivity index (χ0) is 32.1. The largest absolute Gasteiger partial charge is 0.490 e. The smallest absolute Gasteiger partial charge is 0.277 e. The van der Waals surface area contributed by atoms with E-state index in [1.165, 1.54) is 50.3 Å². The van der Waals surface area contributed by atoms with Crippen molar-refractivity contribution in [3.8, 4) is 17.2 Å². The summed E-state index contributed by atoms with van der Waals surface area (Å²) in [7, 11) is 3.88. The van der Waals surface area contributed by atoms with Gasteiger partial charge in [-0.2, -0.15) is 5.10 Å². The highest BCUT2D eigenvalue weighted by atomic mass is 16.5. The predicted octanol–water partition coefficient (Wildman–Crippen LogP) is 6.17. The molecule has 0 saturated heterocycles. The van der Waals surface area contributed by atoms with Crippen molar-refractivity contribution < 1.29 is 23.8 Å². The normalized spacial score (nSPS) is 22.8. The predicted molar refractivity (Wildman–Crippen MR) is 180 cm³/mol. The minimum atomic E-state index is -0.384. The molecule has 3 aromatic carbocycles. The second-order valence-electron chi connectivity index (χ2n) is 13.2. The van der Waals surface area contributed by atoms with E-state index in [1.807, 2.05) is 56.3 Å². The Labute approximate surface area is 271 Å². The van der Waals surface area contributed by atoms with Gasteiger partial charge in [0.05, 0.1) is 12.8 Å². The van der Waals surface area contributed by atoms with Crippen LogP contribution in [0.3, 0.4) is 0 Å². The number of nitrogens with one attached hydrogen (secondary N) is 2. The first-order valence-corrected chi connectivity index (χ1v) is 16.3. The van der Waals surface area contributed by atoms with Crippen molar-refractivity contribution in [2.24, 2.45) is 22.9 Å². The van der Waals surface area contributed by atoms with E-state index in [1.54, 1.807) is 24.3 Å². The number of amides is 2. The summed E-state index contributed by atoms with van der Waals surface area (Å²) in [5, 5.41) is 7.00. The Morgan fingerprint density at radius 3 is 2.22 bits per heavy atom. The van der Waals surface area contributed by atoms with Gasteiger partial charge in [-0.15, -0.1) is 0 Å². The van der Waals surface area contributed by atoms with E-state index >= 15 is 0 Å². The molecule has 4 aliphatic carbocycles. The van der Waals surface area contributed by atoms with Gasteiger partial charge in [0.1, 0.15) is 5.75 Å². The fraction of sp³-hybridized carbons (Fsp3) is 0.432. The molecule has 0 atom stereocenters. The molecule has 242 valence electrons. The van der Waals surface area contributed by atoms with E-state index < -0.39 is 0 Å². The third kappa shape index (κ3) is 7.46. The lowest BCUT2D eigenvalue weighted by Gasteiger charge is -2.57. The van der Waals surface area contributed by atoms with Gasteiger partial charge in [0, 0.05) is 31.5 Å². The third-order valence-corrected chi connectivity index (χ3v) is 9.55. The van der Waals surface area contributed by atoms with Gasteiger partial charge in [-0.3, -0.25) is 9.59 Å². The number of rotatable bonds is 13. The van der Waals surface area contributed by atoms with Crippen LogP contribution in [-0.4, -0.2) is 51.9 Å². The van der Waals surface area contributed by atoms with Crippen LogP contribution in [0, 0.1) is 17.8 Å². The van der Waals surface area contributed by atoms with Gasteiger partial charge in [-0.05, 0) is 122 Å². The first kappa shape index (κ1) is 31.5. The summed E-state index contributed by atoms with van der Waals surface area (Å²) in [6.07, 6.45) is 9.76. The lowest BCUT2D eigenvalue weighted by molar-refractivity contribution is -0.123. The van der Waals surface area contributed by atoms with Crippen LogP contribution in [0.4, 0.5) is 11.4 Å². The Morgan fingerprint density at radius 2 is 1.54 bits per heavy atom. The molecule has 4 saturated carbocycles. The minimum Gasteiger partial charge on any atom is -0.490 e. The van der Waals surface area contributed by atoms with Crippen LogP contribution in [0.5, 0.6) is 17.2 Å². The number of hydrogen-bond donors (Lipinski definition) is 2. The van der Waals surface area contributed by atoms with Crippen LogP contribution in [0.25, 0.3) is 0 Å². The van der Waals surface area contributed by atoms with Crippen LogP contribution < -0.4 is 29.9 Å². The monoisotopic (exact) mass is 624 g/mol. The van der Waals surface area contributed by atoms with Gasteiger partial charge in [-0.25, -0.2) is 5.43 Å². The maximum Gasteiger partial charge on any atom is 0.277 e. The molecule has 0 heterocycles. The Morgan fingerprint density at radius 1 is 0.848 bits per heavy atom. The summed E-state index contributed by atoms with van der Waals surface area (Å²) in [5.74, 6) is 3.59. The highest BCUT2D eigenvalue weighted by Gasteiger charge is 2.51. The number of carbonyl (C=O) groups is 2. The summed E-state index contributed by atoms with van der Waals surface area (Å²) in [6.45, 7) is 1.97. The molecule has 9 heteroatoms. The van der Waals surface area contributed by atoms with E-state index in [4.69, 9.17) is 14.2 Å². The number of nitrogens with zero attached hydrogens (tertiary/aromatic N) is 2. The summed E-state index contributed by atoms with van der Waals surface area (Å²) < 4.78 is 17.2. The zero-order valence-corrected chi connectivity index (χ0v) is 27.0. The lowest BCUT2D eigenvalue weighted by Crippen LogP contribution is -2.48. The van der Waals surface area contributed by atoms with E-state index in [9.17, 15) is 9.59 Å². The summed E-state index contributed by atoms with van der Waals surface area (Å²) in [6, 6.07) is 21.2. The Kier molecular flexibility index (Phi) is 9.47. The second kappa shape index (κ2) is 13.8. The fourth-order valence-electron chi connectivity index (χ4n) is 7.92. The Bertz CT molecular complexity index is 1530. The zero-order valence-electron chi connectivity index (χ0n) is 27.0. The average Bonchev–Trinajstić information content (AvgIpc) is 3.03. The second-order valence-corrected chi connectivity index (χ2v) is 13.2. The molecule has 0 unspecified atom stereocenters. The molecule has 2 N–H and O–H groups in total. The number of hydrogen-bond acceptors (Lipinski definition) is 7. The van der Waals surface area contributed by atoms with Gasteiger partial charge < -0.3 is 24.4 Å². The topological polar surface area (TPSA) is 101 Å². The molecule has 4 fully saturated rings. The number of hydrazone groups is 1. The standard InChI is InChI=1S/C37H44N4O5/c1-4-44-34-17-25(22-38-40-36(43)24-45-32-7-5-6-31(18-32)41(2)3)8-13-33(34)46-23-35(42)39-30-11-9-29(10-12-30)37-19-26-14-27(20-37)16-28(15-26)21-37/h5-13,17-18,22,26-28H,4,14-16,19-21,23-24H2,1-3H3,(H,39,42)(H,40,43)/b38-22+. The van der Waals surface area contributed by atoms with Gasteiger partial charge in [-0.1, -0.05) is 18.2 Å². The van der Waals surface area contributed by atoms with E-state index in [2.05, 4.69) is 28.0 Å². The van der Waals surface area contributed by atoms with E-state index in [0.717, 1.165) is 29.1 Å². The third-order valence-electron chi connectivity index (χ3n) is 9.55. The molecule has 3 aromatic rings. The van der Waals surface area contributed by atoms with Crippen molar-refractivity contribution in [3.05, 3.63) is 77.9 Å². The van der Waals surface area contributed by atoms with Gasteiger partial charge >= 0.3 is 0 Å². The molecule has 0 aromatic heterocycles. The maximum absolute atomic E-state index is 12.8. The molecule has 9 nitrogen and oxygen atoms in total. The molecular weight excluding hydrogens is 580 g/mol. The number of anilines is 2. The van der Waals surface area contributed by atoms with Gasteiger partial charge in [0.15, 0.2) is 24.7 Å². The van der Waals surface area contributed by atoms with Crippen LogP contribution in [0.2, 0.25) is 0 Å². The molecular formula is C37H44N4O5. The Balaban J connectivity index is 0.982. The van der Waals surface area contributed by atoms with Crippen molar-refractivity contribution in [1.29, 1.82) is 0 Å². The molecule has 0 radical (unpaired) electrons. The van der Waals surface area contributed by atoms with Crippen LogP contribution in [-0.2, 0) is 15.0 Å². The summed E-state index contributed by atoms with van der Waals surface area (Å²) >= 11 is 0. The molecule has 0 spiro atoms. The number of ether oxygens (including phenoxy) is 3. The SMILES string of the molecule is CCOc1cc(/C=N/NC(=O)COc2cccc(N(C)C)c2)ccc1OCC(=O)Nc1ccc(C23CC4CC(CC(C4)C2)C3)cc1. The average molecular weight is 625 g/mol. The maximum atomic E-state index is 12.8. The molecule has 2 amide bonds. The van der Waals surface area contributed by atoms with E-state index in [-0.39, 0.29) is 25.0 Å². The van der Waals surface area contributed by atoms with Crippen molar-refractivity contribution >= 4 is 29.4 Å².